The second kappa shape index (κ2) is 5.85. The van der Waals surface area contributed by atoms with E-state index in [0.29, 0.717) is 18.4 Å². The van der Waals surface area contributed by atoms with Crippen LogP contribution in [0.5, 0.6) is 5.75 Å². The Bertz CT molecular complexity index is 622. The Kier molecular flexibility index (Phi) is 3.92. The molecule has 0 spiro atoms. The van der Waals surface area contributed by atoms with Crippen molar-refractivity contribution in [2.24, 2.45) is 0 Å². The summed E-state index contributed by atoms with van der Waals surface area (Å²) >= 11 is 0. The molecule has 0 saturated heterocycles. The largest absolute Gasteiger partial charge is 0.493 e. The molecule has 2 heterocycles. The Morgan fingerprint density at radius 2 is 2.14 bits per heavy atom. The Labute approximate surface area is 124 Å². The SMILES string of the molecule is CC(C)c1noc(CN(C)Cc2ccc3c(c2)CCO3)n1. The molecule has 5 nitrogen and oxygen atoms in total. The molecule has 0 atom stereocenters. The maximum absolute atomic E-state index is 5.53. The maximum Gasteiger partial charge on any atom is 0.240 e. The lowest BCUT2D eigenvalue weighted by Gasteiger charge is -2.14. The van der Waals surface area contributed by atoms with Crippen LogP contribution in [-0.2, 0) is 19.5 Å². The number of rotatable bonds is 5. The standard InChI is InChI=1S/C16H21N3O2/c1-11(2)16-17-15(21-18-16)10-19(3)9-12-4-5-14-13(8-12)6-7-20-14/h4-5,8,11H,6-7,9-10H2,1-3H3. The molecule has 1 aliphatic rings. The van der Waals surface area contributed by atoms with Gasteiger partial charge in [-0.3, -0.25) is 4.90 Å². The predicted octanol–water partition coefficient (Wildman–Crippen LogP) is 2.76. The Balaban J connectivity index is 1.62. The summed E-state index contributed by atoms with van der Waals surface area (Å²) < 4.78 is 10.8. The fourth-order valence-electron chi connectivity index (χ4n) is 2.50. The number of fused-ring (bicyclic) bond motifs is 1. The van der Waals surface area contributed by atoms with Crippen molar-refractivity contribution in [3.63, 3.8) is 0 Å². The van der Waals surface area contributed by atoms with E-state index in [1.807, 2.05) is 0 Å². The van der Waals surface area contributed by atoms with Crippen molar-refractivity contribution in [3.8, 4) is 5.75 Å². The third kappa shape index (κ3) is 3.24. The van der Waals surface area contributed by atoms with Gasteiger partial charge in [0, 0.05) is 18.9 Å². The van der Waals surface area contributed by atoms with Crippen LogP contribution in [0.25, 0.3) is 0 Å². The molecule has 0 radical (unpaired) electrons. The first-order valence-corrected chi connectivity index (χ1v) is 7.37. The number of aromatic nitrogens is 2. The van der Waals surface area contributed by atoms with Gasteiger partial charge in [0.15, 0.2) is 5.82 Å². The summed E-state index contributed by atoms with van der Waals surface area (Å²) in [6.07, 6.45) is 1.01. The van der Waals surface area contributed by atoms with Gasteiger partial charge in [0.05, 0.1) is 13.2 Å². The van der Waals surface area contributed by atoms with E-state index in [1.165, 1.54) is 11.1 Å². The maximum atomic E-state index is 5.53. The first-order chi connectivity index (χ1) is 10.1. The molecule has 1 aliphatic heterocycles. The highest BCUT2D eigenvalue weighted by Gasteiger charge is 2.14. The second-order valence-electron chi connectivity index (χ2n) is 5.91. The van der Waals surface area contributed by atoms with Gasteiger partial charge in [-0.05, 0) is 24.2 Å². The van der Waals surface area contributed by atoms with Gasteiger partial charge in [-0.2, -0.15) is 4.98 Å². The minimum atomic E-state index is 0.296. The first-order valence-electron chi connectivity index (χ1n) is 7.37. The average molecular weight is 287 g/mol. The van der Waals surface area contributed by atoms with Crippen LogP contribution in [0.4, 0.5) is 0 Å². The lowest BCUT2D eigenvalue weighted by molar-refractivity contribution is 0.260. The van der Waals surface area contributed by atoms with E-state index in [4.69, 9.17) is 9.26 Å². The molecule has 0 bridgehead atoms. The van der Waals surface area contributed by atoms with Crippen molar-refractivity contribution in [1.29, 1.82) is 0 Å². The van der Waals surface area contributed by atoms with Gasteiger partial charge >= 0.3 is 0 Å². The van der Waals surface area contributed by atoms with Gasteiger partial charge in [0.1, 0.15) is 5.75 Å². The van der Waals surface area contributed by atoms with Gasteiger partial charge in [-0.1, -0.05) is 31.1 Å². The Hall–Kier alpha value is -1.88. The summed E-state index contributed by atoms with van der Waals surface area (Å²) in [4.78, 5) is 6.59. The summed E-state index contributed by atoms with van der Waals surface area (Å²) in [5.74, 6) is 2.77. The average Bonchev–Trinajstić information content (AvgIpc) is 3.06. The van der Waals surface area contributed by atoms with E-state index in [-0.39, 0.29) is 0 Å². The molecule has 0 N–H and O–H groups in total. The lowest BCUT2D eigenvalue weighted by Crippen LogP contribution is -2.17. The number of benzene rings is 1. The van der Waals surface area contributed by atoms with Gasteiger partial charge < -0.3 is 9.26 Å². The molecule has 1 aromatic heterocycles. The summed E-state index contributed by atoms with van der Waals surface area (Å²) in [6, 6.07) is 6.41. The second-order valence-corrected chi connectivity index (χ2v) is 5.91. The van der Waals surface area contributed by atoms with E-state index < -0.39 is 0 Å². The van der Waals surface area contributed by atoms with Gasteiger partial charge in [-0.15, -0.1) is 0 Å². The zero-order valence-electron chi connectivity index (χ0n) is 12.8. The van der Waals surface area contributed by atoms with Crippen molar-refractivity contribution in [2.75, 3.05) is 13.7 Å². The normalized spacial score (nSPS) is 13.8. The quantitative estimate of drug-likeness (QED) is 0.846. The molecular weight excluding hydrogens is 266 g/mol. The number of ether oxygens (including phenoxy) is 1. The summed E-state index contributed by atoms with van der Waals surface area (Å²) in [5.41, 5.74) is 2.59. The van der Waals surface area contributed by atoms with Crippen molar-refractivity contribution >= 4 is 0 Å². The molecule has 1 aromatic carbocycles. The van der Waals surface area contributed by atoms with E-state index in [0.717, 1.165) is 31.1 Å². The van der Waals surface area contributed by atoms with E-state index in [1.54, 1.807) is 0 Å². The van der Waals surface area contributed by atoms with E-state index >= 15 is 0 Å². The minimum Gasteiger partial charge on any atom is -0.493 e. The van der Waals surface area contributed by atoms with Gasteiger partial charge in [-0.25, -0.2) is 0 Å². The Morgan fingerprint density at radius 3 is 2.90 bits per heavy atom. The van der Waals surface area contributed by atoms with Crippen LogP contribution in [0.2, 0.25) is 0 Å². The molecule has 0 fully saturated rings. The minimum absolute atomic E-state index is 0.296. The lowest BCUT2D eigenvalue weighted by atomic mass is 10.1. The molecule has 0 aliphatic carbocycles. The molecule has 0 unspecified atom stereocenters. The zero-order chi connectivity index (χ0) is 14.8. The predicted molar refractivity (Wildman–Crippen MR) is 79.2 cm³/mol. The molecule has 5 heteroatoms. The fraction of sp³-hybridized carbons (Fsp3) is 0.500. The van der Waals surface area contributed by atoms with Crippen molar-refractivity contribution in [3.05, 3.63) is 41.0 Å². The topological polar surface area (TPSA) is 51.4 Å². The van der Waals surface area contributed by atoms with Crippen LogP contribution < -0.4 is 4.74 Å². The fourth-order valence-corrected chi connectivity index (χ4v) is 2.50. The highest BCUT2D eigenvalue weighted by molar-refractivity contribution is 5.39. The van der Waals surface area contributed by atoms with Crippen LogP contribution in [0.3, 0.4) is 0 Å². The van der Waals surface area contributed by atoms with E-state index in [2.05, 4.69) is 54.1 Å². The van der Waals surface area contributed by atoms with Gasteiger partial charge in [0.2, 0.25) is 5.89 Å². The van der Waals surface area contributed by atoms with Crippen molar-refractivity contribution in [2.45, 2.75) is 39.3 Å². The zero-order valence-corrected chi connectivity index (χ0v) is 12.8. The van der Waals surface area contributed by atoms with Crippen LogP contribution >= 0.6 is 0 Å². The molecule has 21 heavy (non-hydrogen) atoms. The molecule has 0 amide bonds. The summed E-state index contributed by atoms with van der Waals surface area (Å²) in [5, 5.41) is 3.99. The third-order valence-corrected chi connectivity index (χ3v) is 3.61. The van der Waals surface area contributed by atoms with Crippen LogP contribution in [-0.4, -0.2) is 28.7 Å². The molecule has 2 aromatic rings. The monoisotopic (exact) mass is 287 g/mol. The smallest absolute Gasteiger partial charge is 0.240 e. The molecule has 3 rings (SSSR count). The number of hydrogen-bond donors (Lipinski definition) is 0. The summed E-state index contributed by atoms with van der Waals surface area (Å²) in [6.45, 7) is 6.44. The highest BCUT2D eigenvalue weighted by atomic mass is 16.5. The number of hydrogen-bond acceptors (Lipinski definition) is 5. The van der Waals surface area contributed by atoms with E-state index in [9.17, 15) is 0 Å². The first kappa shape index (κ1) is 14.1. The third-order valence-electron chi connectivity index (χ3n) is 3.61. The van der Waals surface area contributed by atoms with Crippen LogP contribution in [0.15, 0.2) is 22.7 Å². The highest BCUT2D eigenvalue weighted by Crippen LogP contribution is 2.26. The van der Waals surface area contributed by atoms with Gasteiger partial charge in [0.25, 0.3) is 0 Å². The van der Waals surface area contributed by atoms with Crippen molar-refractivity contribution in [1.82, 2.24) is 15.0 Å². The molecular formula is C16H21N3O2. The molecule has 112 valence electrons. The van der Waals surface area contributed by atoms with Crippen LogP contribution in [0, 0.1) is 0 Å². The Morgan fingerprint density at radius 1 is 1.29 bits per heavy atom. The van der Waals surface area contributed by atoms with Crippen LogP contribution in [0.1, 0.15) is 42.6 Å². The number of nitrogens with zero attached hydrogens (tertiary/aromatic N) is 3. The molecule has 0 saturated carbocycles. The van der Waals surface area contributed by atoms with Crippen molar-refractivity contribution < 1.29 is 9.26 Å². The summed E-state index contributed by atoms with van der Waals surface area (Å²) in [7, 11) is 2.06.